The molecule has 0 amide bonds. The van der Waals surface area contributed by atoms with Crippen LogP contribution in [0.15, 0.2) is 59.8 Å². The fourth-order valence-corrected chi connectivity index (χ4v) is 2.74. The number of aromatic nitrogens is 4. The van der Waals surface area contributed by atoms with Gasteiger partial charge in [-0.05, 0) is 33.7 Å². The van der Waals surface area contributed by atoms with E-state index in [-0.39, 0.29) is 6.61 Å². The van der Waals surface area contributed by atoms with E-state index < -0.39 is 0 Å². The van der Waals surface area contributed by atoms with Crippen LogP contribution in [0.5, 0.6) is 0 Å². The van der Waals surface area contributed by atoms with Crippen molar-refractivity contribution in [3.63, 3.8) is 0 Å². The van der Waals surface area contributed by atoms with E-state index in [0.717, 1.165) is 22.2 Å². The summed E-state index contributed by atoms with van der Waals surface area (Å²) >= 11 is 1.58. The number of benzene rings is 2. The van der Waals surface area contributed by atoms with Crippen molar-refractivity contribution in [3.05, 3.63) is 65.7 Å². The molecule has 0 bridgehead atoms. The fourth-order valence-electron chi connectivity index (χ4n) is 1.89. The highest BCUT2D eigenvalue weighted by Crippen LogP contribution is 2.22. The fraction of sp³-hybridized carbons (Fsp3) is 0.133. The van der Waals surface area contributed by atoms with Crippen LogP contribution in [0.2, 0.25) is 0 Å². The zero-order valence-electron chi connectivity index (χ0n) is 11.3. The number of aliphatic hydroxyl groups excluding tert-OH is 1. The molecule has 0 saturated carbocycles. The summed E-state index contributed by atoms with van der Waals surface area (Å²) in [7, 11) is 0. The number of rotatable bonds is 5. The van der Waals surface area contributed by atoms with Crippen molar-refractivity contribution in [2.45, 2.75) is 17.5 Å². The lowest BCUT2D eigenvalue weighted by Crippen LogP contribution is -1.98. The van der Waals surface area contributed by atoms with Gasteiger partial charge >= 0.3 is 0 Å². The average molecular weight is 298 g/mol. The average Bonchev–Trinajstić information content (AvgIpc) is 3.03. The first kappa shape index (κ1) is 13.8. The molecule has 3 rings (SSSR count). The Labute approximate surface area is 126 Å². The van der Waals surface area contributed by atoms with Crippen molar-refractivity contribution >= 4 is 11.8 Å². The van der Waals surface area contributed by atoms with Gasteiger partial charge in [0.15, 0.2) is 0 Å². The number of thioether (sulfide) groups is 1. The summed E-state index contributed by atoms with van der Waals surface area (Å²) in [5.74, 6) is 0.777. The van der Waals surface area contributed by atoms with Crippen LogP contribution in [0.25, 0.3) is 5.69 Å². The monoisotopic (exact) mass is 298 g/mol. The summed E-state index contributed by atoms with van der Waals surface area (Å²) in [5, 5.41) is 21.6. The third-order valence-electron chi connectivity index (χ3n) is 3.02. The lowest BCUT2D eigenvalue weighted by Gasteiger charge is -2.04. The van der Waals surface area contributed by atoms with Crippen LogP contribution in [0.1, 0.15) is 11.1 Å². The number of tetrazole rings is 1. The van der Waals surface area contributed by atoms with E-state index in [1.54, 1.807) is 16.4 Å². The standard InChI is InChI=1S/C15H14N4OS/c20-10-12-6-8-13(9-7-12)11-21-15-16-17-18-19(15)14-4-2-1-3-5-14/h1-9,20H,10-11H2. The third kappa shape index (κ3) is 3.29. The molecule has 0 aliphatic rings. The van der Waals surface area contributed by atoms with E-state index in [1.807, 2.05) is 54.6 Å². The Bertz CT molecular complexity index is 697. The van der Waals surface area contributed by atoms with Gasteiger partial charge in [-0.15, -0.1) is 5.10 Å². The van der Waals surface area contributed by atoms with Crippen molar-refractivity contribution in [2.24, 2.45) is 0 Å². The van der Waals surface area contributed by atoms with Gasteiger partial charge in [0.2, 0.25) is 5.16 Å². The second-order valence-corrected chi connectivity index (χ2v) is 5.41. The Morgan fingerprint density at radius 3 is 2.38 bits per heavy atom. The van der Waals surface area contributed by atoms with Crippen molar-refractivity contribution in [3.8, 4) is 5.69 Å². The molecule has 2 aromatic carbocycles. The van der Waals surface area contributed by atoms with Crippen molar-refractivity contribution in [2.75, 3.05) is 0 Å². The first-order valence-electron chi connectivity index (χ1n) is 6.52. The van der Waals surface area contributed by atoms with Gasteiger partial charge in [0.1, 0.15) is 0 Å². The predicted octanol–water partition coefficient (Wildman–Crippen LogP) is 2.45. The molecule has 6 heteroatoms. The van der Waals surface area contributed by atoms with Gasteiger partial charge in [0, 0.05) is 5.75 Å². The predicted molar refractivity (Wildman–Crippen MR) is 81.1 cm³/mol. The SMILES string of the molecule is OCc1ccc(CSc2nnnn2-c2ccccc2)cc1. The lowest BCUT2D eigenvalue weighted by molar-refractivity contribution is 0.282. The molecule has 0 aliphatic heterocycles. The van der Waals surface area contributed by atoms with Gasteiger partial charge in [-0.3, -0.25) is 0 Å². The summed E-state index contributed by atoms with van der Waals surface area (Å²) in [6, 6.07) is 17.7. The molecular weight excluding hydrogens is 284 g/mol. The number of para-hydroxylation sites is 1. The van der Waals surface area contributed by atoms with E-state index in [1.165, 1.54) is 5.56 Å². The van der Waals surface area contributed by atoms with Crippen molar-refractivity contribution < 1.29 is 5.11 Å². The number of hydrogen-bond donors (Lipinski definition) is 1. The second-order valence-electron chi connectivity index (χ2n) is 4.47. The Morgan fingerprint density at radius 1 is 0.952 bits per heavy atom. The van der Waals surface area contributed by atoms with Crippen LogP contribution in [0.4, 0.5) is 0 Å². The van der Waals surface area contributed by atoms with E-state index in [4.69, 9.17) is 5.11 Å². The van der Waals surface area contributed by atoms with E-state index >= 15 is 0 Å². The molecule has 0 fully saturated rings. The summed E-state index contributed by atoms with van der Waals surface area (Å²) in [6.45, 7) is 0.0691. The van der Waals surface area contributed by atoms with Gasteiger partial charge in [-0.1, -0.05) is 54.2 Å². The molecule has 3 aromatic rings. The Morgan fingerprint density at radius 2 is 1.67 bits per heavy atom. The summed E-state index contributed by atoms with van der Waals surface area (Å²) in [4.78, 5) is 0. The number of nitrogens with zero attached hydrogens (tertiary/aromatic N) is 4. The third-order valence-corrected chi connectivity index (χ3v) is 4.01. The van der Waals surface area contributed by atoms with Gasteiger partial charge in [0.25, 0.3) is 0 Å². The highest BCUT2D eigenvalue weighted by atomic mass is 32.2. The van der Waals surface area contributed by atoms with Crippen molar-refractivity contribution in [1.82, 2.24) is 20.2 Å². The van der Waals surface area contributed by atoms with E-state index in [0.29, 0.717) is 0 Å². The Balaban J connectivity index is 1.72. The first-order chi connectivity index (χ1) is 10.4. The normalized spacial score (nSPS) is 10.7. The van der Waals surface area contributed by atoms with Crippen LogP contribution < -0.4 is 0 Å². The Hall–Kier alpha value is -2.18. The van der Waals surface area contributed by atoms with Gasteiger partial charge in [-0.25, -0.2) is 0 Å². The minimum Gasteiger partial charge on any atom is -0.392 e. The van der Waals surface area contributed by atoms with Gasteiger partial charge in [-0.2, -0.15) is 4.68 Å². The Kier molecular flexibility index (Phi) is 4.28. The first-order valence-corrected chi connectivity index (χ1v) is 7.50. The van der Waals surface area contributed by atoms with E-state index in [9.17, 15) is 0 Å². The second kappa shape index (κ2) is 6.51. The molecule has 1 aromatic heterocycles. The van der Waals surface area contributed by atoms with Gasteiger partial charge < -0.3 is 5.11 Å². The zero-order valence-corrected chi connectivity index (χ0v) is 12.1. The summed E-state index contributed by atoms with van der Waals surface area (Å²) in [5.41, 5.74) is 3.03. The molecule has 0 aliphatic carbocycles. The highest BCUT2D eigenvalue weighted by molar-refractivity contribution is 7.98. The van der Waals surface area contributed by atoms with Crippen molar-refractivity contribution in [1.29, 1.82) is 0 Å². The molecule has 0 atom stereocenters. The molecule has 1 N–H and O–H groups in total. The lowest BCUT2D eigenvalue weighted by atomic mass is 10.2. The molecular formula is C15H14N4OS. The molecule has 21 heavy (non-hydrogen) atoms. The molecule has 5 nitrogen and oxygen atoms in total. The maximum absolute atomic E-state index is 9.04. The molecule has 0 saturated heterocycles. The maximum Gasteiger partial charge on any atom is 0.214 e. The number of aliphatic hydroxyl groups is 1. The highest BCUT2D eigenvalue weighted by Gasteiger charge is 2.08. The molecule has 0 spiro atoms. The summed E-state index contributed by atoms with van der Waals surface area (Å²) < 4.78 is 1.73. The van der Waals surface area contributed by atoms with Gasteiger partial charge in [0.05, 0.1) is 12.3 Å². The summed E-state index contributed by atoms with van der Waals surface area (Å²) in [6.07, 6.45) is 0. The van der Waals surface area contributed by atoms with E-state index in [2.05, 4.69) is 15.5 Å². The molecule has 0 unspecified atom stereocenters. The largest absolute Gasteiger partial charge is 0.392 e. The quantitative estimate of drug-likeness (QED) is 0.733. The minimum absolute atomic E-state index is 0.0691. The van der Waals surface area contributed by atoms with Crippen LogP contribution in [0.3, 0.4) is 0 Å². The number of hydrogen-bond acceptors (Lipinski definition) is 5. The molecule has 106 valence electrons. The van der Waals surface area contributed by atoms with Crippen LogP contribution in [0, 0.1) is 0 Å². The smallest absolute Gasteiger partial charge is 0.214 e. The zero-order chi connectivity index (χ0) is 14.5. The van der Waals surface area contributed by atoms with Crippen LogP contribution in [-0.2, 0) is 12.4 Å². The minimum atomic E-state index is 0.0691. The van der Waals surface area contributed by atoms with Crippen LogP contribution in [-0.4, -0.2) is 25.3 Å². The topological polar surface area (TPSA) is 63.8 Å². The molecule has 1 heterocycles. The maximum atomic E-state index is 9.04. The molecule has 0 radical (unpaired) electrons. The van der Waals surface area contributed by atoms with Crippen LogP contribution >= 0.6 is 11.8 Å².